The fourth-order valence-corrected chi connectivity index (χ4v) is 2.56. The van der Waals surface area contributed by atoms with E-state index in [-0.39, 0.29) is 5.41 Å². The number of hydrogen-bond donors (Lipinski definition) is 1. The largest absolute Gasteiger partial charge is 0.316 e. The first-order valence-electron chi connectivity index (χ1n) is 6.32. The van der Waals surface area contributed by atoms with E-state index < -0.39 is 0 Å². The molecule has 0 spiro atoms. The molecule has 1 aliphatic heterocycles. The summed E-state index contributed by atoms with van der Waals surface area (Å²) in [5.74, 6) is 0.375. The van der Waals surface area contributed by atoms with Crippen LogP contribution in [-0.2, 0) is 11.2 Å². The molecule has 2 rings (SSSR count). The van der Waals surface area contributed by atoms with Crippen LogP contribution in [-0.4, -0.2) is 18.9 Å². The van der Waals surface area contributed by atoms with E-state index in [1.54, 1.807) is 0 Å². The number of carbonyl (C=O) groups excluding carboxylic acids is 1. The van der Waals surface area contributed by atoms with Crippen molar-refractivity contribution in [1.82, 2.24) is 5.32 Å². The van der Waals surface area contributed by atoms with E-state index in [1.807, 2.05) is 0 Å². The fraction of sp³-hybridized carbons (Fsp3) is 0.533. The number of hydrogen-bond acceptors (Lipinski definition) is 2. The van der Waals surface area contributed by atoms with Crippen LogP contribution in [0.1, 0.15) is 30.0 Å². The molecule has 17 heavy (non-hydrogen) atoms. The van der Waals surface area contributed by atoms with Crippen molar-refractivity contribution in [2.24, 2.45) is 5.41 Å². The number of ketones is 1. The van der Waals surface area contributed by atoms with Gasteiger partial charge in [-0.2, -0.15) is 0 Å². The van der Waals surface area contributed by atoms with E-state index in [2.05, 4.69) is 44.3 Å². The Hall–Kier alpha value is -1.15. The molecule has 0 bridgehead atoms. The quantitative estimate of drug-likeness (QED) is 0.865. The summed E-state index contributed by atoms with van der Waals surface area (Å²) < 4.78 is 0. The molecule has 92 valence electrons. The van der Waals surface area contributed by atoms with Gasteiger partial charge in [0, 0.05) is 18.4 Å². The fourth-order valence-electron chi connectivity index (χ4n) is 2.56. The SMILES string of the molecule is Cc1cccc(C)c1CC(=O)C1(C)CCNC1. The second kappa shape index (κ2) is 4.61. The summed E-state index contributed by atoms with van der Waals surface area (Å²) in [6.07, 6.45) is 1.55. The van der Waals surface area contributed by atoms with E-state index in [9.17, 15) is 4.79 Å². The van der Waals surface area contributed by atoms with Crippen LogP contribution in [0.3, 0.4) is 0 Å². The smallest absolute Gasteiger partial charge is 0.144 e. The van der Waals surface area contributed by atoms with Crippen LogP contribution in [0.15, 0.2) is 18.2 Å². The molecular formula is C15H21NO. The Morgan fingerprint density at radius 1 is 1.35 bits per heavy atom. The van der Waals surface area contributed by atoms with Crippen molar-refractivity contribution in [1.29, 1.82) is 0 Å². The Kier molecular flexibility index (Phi) is 3.34. The Bertz CT molecular complexity index is 410. The zero-order valence-corrected chi connectivity index (χ0v) is 11.0. The van der Waals surface area contributed by atoms with Crippen LogP contribution in [0, 0.1) is 19.3 Å². The van der Waals surface area contributed by atoms with E-state index in [4.69, 9.17) is 0 Å². The van der Waals surface area contributed by atoms with Gasteiger partial charge in [0.15, 0.2) is 0 Å². The average molecular weight is 231 g/mol. The highest BCUT2D eigenvalue weighted by Gasteiger charge is 2.35. The third kappa shape index (κ3) is 2.42. The van der Waals surface area contributed by atoms with Gasteiger partial charge in [0.25, 0.3) is 0 Å². The zero-order valence-electron chi connectivity index (χ0n) is 11.0. The normalized spacial score (nSPS) is 23.9. The van der Waals surface area contributed by atoms with Crippen molar-refractivity contribution >= 4 is 5.78 Å². The zero-order chi connectivity index (χ0) is 12.5. The maximum Gasteiger partial charge on any atom is 0.144 e. The topological polar surface area (TPSA) is 29.1 Å². The number of benzene rings is 1. The van der Waals surface area contributed by atoms with Gasteiger partial charge in [0.2, 0.25) is 0 Å². The Morgan fingerprint density at radius 3 is 2.53 bits per heavy atom. The van der Waals surface area contributed by atoms with Gasteiger partial charge in [-0.25, -0.2) is 0 Å². The number of rotatable bonds is 3. The maximum absolute atomic E-state index is 12.4. The van der Waals surface area contributed by atoms with Crippen molar-refractivity contribution in [2.45, 2.75) is 33.6 Å². The monoisotopic (exact) mass is 231 g/mol. The summed E-state index contributed by atoms with van der Waals surface area (Å²) in [5, 5.41) is 3.29. The van der Waals surface area contributed by atoms with Crippen LogP contribution in [0.5, 0.6) is 0 Å². The first-order valence-corrected chi connectivity index (χ1v) is 6.32. The lowest BCUT2D eigenvalue weighted by atomic mass is 9.81. The molecule has 1 aromatic rings. The minimum Gasteiger partial charge on any atom is -0.316 e. The van der Waals surface area contributed by atoms with Crippen LogP contribution >= 0.6 is 0 Å². The molecule has 1 atom stereocenters. The summed E-state index contributed by atoms with van der Waals surface area (Å²) in [7, 11) is 0. The number of aryl methyl sites for hydroxylation is 2. The minimum absolute atomic E-state index is 0.158. The molecule has 0 amide bonds. The van der Waals surface area contributed by atoms with Gasteiger partial charge < -0.3 is 5.32 Å². The van der Waals surface area contributed by atoms with E-state index >= 15 is 0 Å². The number of nitrogens with one attached hydrogen (secondary N) is 1. The summed E-state index contributed by atoms with van der Waals surface area (Å²) in [6.45, 7) is 8.06. The molecule has 0 radical (unpaired) electrons. The summed E-state index contributed by atoms with van der Waals surface area (Å²) in [6, 6.07) is 6.23. The van der Waals surface area contributed by atoms with Gasteiger partial charge in [-0.05, 0) is 43.5 Å². The van der Waals surface area contributed by atoms with Crippen LogP contribution in [0.2, 0.25) is 0 Å². The first-order chi connectivity index (χ1) is 8.03. The standard InChI is InChI=1S/C15H21NO/c1-11-5-4-6-12(2)13(11)9-14(17)15(3)7-8-16-10-15/h4-6,16H,7-10H2,1-3H3. The molecule has 0 saturated carbocycles. The van der Waals surface area contributed by atoms with Crippen LogP contribution in [0.4, 0.5) is 0 Å². The van der Waals surface area contributed by atoms with Crippen LogP contribution in [0.25, 0.3) is 0 Å². The van der Waals surface area contributed by atoms with Gasteiger partial charge in [-0.3, -0.25) is 4.79 Å². The second-order valence-electron chi connectivity index (χ2n) is 5.46. The predicted octanol–water partition coefficient (Wildman–Crippen LogP) is 2.41. The van der Waals surface area contributed by atoms with Crippen molar-refractivity contribution in [3.63, 3.8) is 0 Å². The van der Waals surface area contributed by atoms with Crippen molar-refractivity contribution < 1.29 is 4.79 Å². The highest BCUT2D eigenvalue weighted by Crippen LogP contribution is 2.28. The lowest BCUT2D eigenvalue weighted by molar-refractivity contribution is -0.126. The third-order valence-electron chi connectivity index (χ3n) is 4.02. The molecule has 1 N–H and O–H groups in total. The molecule has 1 aliphatic rings. The average Bonchev–Trinajstić information content (AvgIpc) is 2.72. The Labute approximate surface area is 103 Å². The van der Waals surface area contributed by atoms with Crippen molar-refractivity contribution in [3.8, 4) is 0 Å². The van der Waals surface area contributed by atoms with E-state index in [0.717, 1.165) is 19.5 Å². The molecule has 0 aromatic heterocycles. The van der Waals surface area contributed by atoms with Crippen molar-refractivity contribution in [2.75, 3.05) is 13.1 Å². The Morgan fingerprint density at radius 2 is 2.00 bits per heavy atom. The first kappa shape index (κ1) is 12.3. The summed E-state index contributed by atoms with van der Waals surface area (Å²) >= 11 is 0. The summed E-state index contributed by atoms with van der Waals surface area (Å²) in [4.78, 5) is 12.4. The number of Topliss-reactive ketones (excluding diaryl/α,β-unsaturated/α-hetero) is 1. The molecule has 2 nitrogen and oxygen atoms in total. The molecule has 1 saturated heterocycles. The maximum atomic E-state index is 12.4. The second-order valence-corrected chi connectivity index (χ2v) is 5.46. The van der Waals surface area contributed by atoms with Crippen molar-refractivity contribution in [3.05, 3.63) is 34.9 Å². The van der Waals surface area contributed by atoms with Crippen LogP contribution < -0.4 is 5.32 Å². The lowest BCUT2D eigenvalue weighted by Crippen LogP contribution is -2.31. The molecular weight excluding hydrogens is 210 g/mol. The minimum atomic E-state index is -0.158. The van der Waals surface area contributed by atoms with Gasteiger partial charge in [0.05, 0.1) is 0 Å². The van der Waals surface area contributed by atoms with E-state index in [0.29, 0.717) is 12.2 Å². The molecule has 1 aromatic carbocycles. The van der Waals surface area contributed by atoms with Gasteiger partial charge in [-0.15, -0.1) is 0 Å². The highest BCUT2D eigenvalue weighted by atomic mass is 16.1. The van der Waals surface area contributed by atoms with Gasteiger partial charge >= 0.3 is 0 Å². The Balaban J connectivity index is 2.18. The molecule has 1 fully saturated rings. The summed E-state index contributed by atoms with van der Waals surface area (Å²) in [5.41, 5.74) is 3.51. The highest BCUT2D eigenvalue weighted by molar-refractivity contribution is 5.87. The van der Waals surface area contributed by atoms with Gasteiger partial charge in [-0.1, -0.05) is 25.1 Å². The lowest BCUT2D eigenvalue weighted by Gasteiger charge is -2.22. The van der Waals surface area contributed by atoms with E-state index in [1.165, 1.54) is 16.7 Å². The molecule has 0 aliphatic carbocycles. The molecule has 1 heterocycles. The molecule has 2 heteroatoms. The third-order valence-corrected chi connectivity index (χ3v) is 4.02. The molecule has 1 unspecified atom stereocenters. The number of carbonyl (C=O) groups is 1. The van der Waals surface area contributed by atoms with Gasteiger partial charge in [0.1, 0.15) is 5.78 Å². The predicted molar refractivity (Wildman–Crippen MR) is 70.2 cm³/mol.